The van der Waals surface area contributed by atoms with Crippen LogP contribution < -0.4 is 5.73 Å². The average Bonchev–Trinajstić information content (AvgIpc) is 2.82. The van der Waals surface area contributed by atoms with Gasteiger partial charge in [-0.25, -0.2) is 9.97 Å². The molecule has 0 aliphatic carbocycles. The van der Waals surface area contributed by atoms with E-state index in [2.05, 4.69) is 9.97 Å². The first-order valence-electron chi connectivity index (χ1n) is 4.73. The molecule has 0 bridgehead atoms. The summed E-state index contributed by atoms with van der Waals surface area (Å²) in [7, 11) is 0. The van der Waals surface area contributed by atoms with Crippen LogP contribution in [0.5, 0.6) is 0 Å². The summed E-state index contributed by atoms with van der Waals surface area (Å²) in [6, 6.07) is 0. The van der Waals surface area contributed by atoms with Crippen molar-refractivity contribution >= 4 is 28.2 Å². The Labute approximate surface area is 105 Å². The summed E-state index contributed by atoms with van der Waals surface area (Å²) in [5.41, 5.74) is 6.39. The van der Waals surface area contributed by atoms with E-state index in [0.29, 0.717) is 16.7 Å². The van der Waals surface area contributed by atoms with E-state index in [0.717, 1.165) is 14.5 Å². The van der Waals surface area contributed by atoms with Crippen LogP contribution in [0.2, 0.25) is 0 Å². The van der Waals surface area contributed by atoms with Crippen molar-refractivity contribution in [1.29, 1.82) is 0 Å². The average molecular weight is 276 g/mol. The largest absolute Gasteiger partial charge is 0.375 e. The van der Waals surface area contributed by atoms with Crippen LogP contribution in [0.4, 0.5) is 13.9 Å². The number of halogens is 2. The van der Waals surface area contributed by atoms with E-state index in [1.807, 2.05) is 6.92 Å². The van der Waals surface area contributed by atoms with Crippen LogP contribution in [0, 0.1) is 6.92 Å². The number of nitrogen functional groups attached to an aromatic ring is 1. The summed E-state index contributed by atoms with van der Waals surface area (Å²) in [6.45, 7) is -0.713. The van der Waals surface area contributed by atoms with E-state index >= 15 is 0 Å². The van der Waals surface area contributed by atoms with Crippen LogP contribution in [0.15, 0.2) is 16.6 Å². The number of alkyl halides is 2. The Morgan fingerprint density at radius 3 is 2.94 bits per heavy atom. The van der Waals surface area contributed by atoms with E-state index in [1.165, 1.54) is 35.5 Å². The fourth-order valence-corrected chi connectivity index (χ4v) is 3.27. The third kappa shape index (κ3) is 2.75. The molecule has 2 N–H and O–H groups in total. The van der Waals surface area contributed by atoms with Crippen molar-refractivity contribution in [2.75, 3.05) is 5.73 Å². The van der Waals surface area contributed by atoms with E-state index in [-0.39, 0.29) is 0 Å². The van der Waals surface area contributed by atoms with E-state index < -0.39 is 6.55 Å². The molecule has 0 aromatic carbocycles. The number of hydrogen-bond acceptors (Lipinski definition) is 5. The van der Waals surface area contributed by atoms with Crippen LogP contribution in [-0.2, 0) is 5.75 Å². The molecule has 0 saturated carbocycles. The van der Waals surface area contributed by atoms with Gasteiger partial charge in [0.2, 0.25) is 0 Å². The minimum atomic E-state index is -2.55. The maximum Gasteiger partial charge on any atom is 0.319 e. The van der Waals surface area contributed by atoms with Gasteiger partial charge in [0.25, 0.3) is 0 Å². The molecule has 0 fully saturated rings. The van der Waals surface area contributed by atoms with E-state index in [1.54, 1.807) is 0 Å². The highest BCUT2D eigenvalue weighted by Crippen LogP contribution is 2.32. The van der Waals surface area contributed by atoms with Gasteiger partial charge in [0.15, 0.2) is 5.13 Å². The van der Waals surface area contributed by atoms with E-state index in [4.69, 9.17) is 5.73 Å². The predicted molar refractivity (Wildman–Crippen MR) is 64.3 cm³/mol. The standard InChI is InChI=1S/C9H10F2N4S2/c1-5-7(17-9(12)14-5)16-4-6-13-2-3-15(6)8(10)11/h2-3,8H,4H2,1H3,(H2,12,14). The van der Waals surface area contributed by atoms with Crippen molar-refractivity contribution < 1.29 is 8.78 Å². The Balaban J connectivity index is 2.07. The maximum atomic E-state index is 12.6. The van der Waals surface area contributed by atoms with Gasteiger partial charge in [-0.05, 0) is 6.92 Å². The molecule has 0 saturated heterocycles. The van der Waals surface area contributed by atoms with Gasteiger partial charge in [-0.2, -0.15) is 8.78 Å². The molecule has 0 aliphatic rings. The lowest BCUT2D eigenvalue weighted by molar-refractivity contribution is 0.0678. The Bertz CT molecular complexity index is 509. The van der Waals surface area contributed by atoms with Gasteiger partial charge in [-0.3, -0.25) is 4.57 Å². The predicted octanol–water partition coefficient (Wildman–Crippen LogP) is 2.92. The summed E-state index contributed by atoms with van der Waals surface area (Å²) >= 11 is 2.77. The highest BCUT2D eigenvalue weighted by atomic mass is 32.2. The molecule has 0 spiro atoms. The summed E-state index contributed by atoms with van der Waals surface area (Å²) in [4.78, 5) is 7.97. The Morgan fingerprint density at radius 2 is 2.35 bits per heavy atom. The second-order valence-electron chi connectivity index (χ2n) is 3.24. The first kappa shape index (κ1) is 12.3. The number of imidazole rings is 1. The Morgan fingerprint density at radius 1 is 1.59 bits per heavy atom. The number of nitrogens with zero attached hydrogens (tertiary/aromatic N) is 3. The normalized spacial score (nSPS) is 11.3. The monoisotopic (exact) mass is 276 g/mol. The molecule has 0 unspecified atom stereocenters. The Kier molecular flexibility index (Phi) is 3.63. The zero-order chi connectivity index (χ0) is 12.4. The fourth-order valence-electron chi connectivity index (χ4n) is 1.30. The molecule has 8 heteroatoms. The minimum absolute atomic E-state index is 0.344. The summed E-state index contributed by atoms with van der Waals surface area (Å²) < 4.78 is 26.9. The molecule has 0 radical (unpaired) electrons. The molecule has 17 heavy (non-hydrogen) atoms. The molecule has 92 valence electrons. The topological polar surface area (TPSA) is 56.7 Å². The molecular formula is C9H10F2N4S2. The molecular weight excluding hydrogens is 266 g/mol. The van der Waals surface area contributed by atoms with Gasteiger partial charge < -0.3 is 5.73 Å². The number of anilines is 1. The zero-order valence-electron chi connectivity index (χ0n) is 8.93. The summed E-state index contributed by atoms with van der Waals surface area (Å²) in [5, 5.41) is 0.488. The van der Waals surface area contributed by atoms with Crippen LogP contribution in [0.1, 0.15) is 18.1 Å². The number of rotatable bonds is 4. The highest BCUT2D eigenvalue weighted by Gasteiger charge is 2.13. The first-order chi connectivity index (χ1) is 8.08. The smallest absolute Gasteiger partial charge is 0.319 e. The summed E-state index contributed by atoms with van der Waals surface area (Å²) in [6.07, 6.45) is 2.64. The van der Waals surface area contributed by atoms with Gasteiger partial charge in [-0.1, -0.05) is 11.3 Å². The molecule has 4 nitrogen and oxygen atoms in total. The van der Waals surface area contributed by atoms with Crippen molar-refractivity contribution in [2.45, 2.75) is 23.4 Å². The maximum absolute atomic E-state index is 12.6. The molecule has 0 aliphatic heterocycles. The zero-order valence-corrected chi connectivity index (χ0v) is 10.6. The van der Waals surface area contributed by atoms with Crippen molar-refractivity contribution in [3.8, 4) is 0 Å². The van der Waals surface area contributed by atoms with E-state index in [9.17, 15) is 8.78 Å². The van der Waals surface area contributed by atoms with Crippen molar-refractivity contribution in [2.24, 2.45) is 0 Å². The number of aryl methyl sites for hydroxylation is 1. The lowest BCUT2D eigenvalue weighted by Crippen LogP contribution is -2.01. The SMILES string of the molecule is Cc1nc(N)sc1SCc1nccn1C(F)F. The fraction of sp³-hybridized carbons (Fsp3) is 0.333. The highest BCUT2D eigenvalue weighted by molar-refractivity contribution is 8.00. The summed E-state index contributed by atoms with van der Waals surface area (Å²) in [5.74, 6) is 0.719. The lowest BCUT2D eigenvalue weighted by Gasteiger charge is -2.05. The van der Waals surface area contributed by atoms with Crippen LogP contribution in [-0.4, -0.2) is 14.5 Å². The van der Waals surface area contributed by atoms with Crippen molar-refractivity contribution in [3.05, 3.63) is 23.9 Å². The number of thioether (sulfide) groups is 1. The molecule has 2 aromatic heterocycles. The molecule has 0 amide bonds. The minimum Gasteiger partial charge on any atom is -0.375 e. The van der Waals surface area contributed by atoms with Gasteiger partial charge in [-0.15, -0.1) is 11.8 Å². The van der Waals surface area contributed by atoms with Crippen molar-refractivity contribution in [3.63, 3.8) is 0 Å². The first-order valence-corrected chi connectivity index (χ1v) is 6.53. The Hall–Kier alpha value is -1.15. The number of aromatic nitrogens is 3. The molecule has 2 aromatic rings. The third-order valence-corrected chi connectivity index (χ3v) is 4.41. The second kappa shape index (κ2) is 5.01. The quantitative estimate of drug-likeness (QED) is 0.872. The molecule has 2 heterocycles. The molecule has 0 atom stereocenters. The van der Waals surface area contributed by atoms with Crippen molar-refractivity contribution in [1.82, 2.24) is 14.5 Å². The van der Waals surface area contributed by atoms with Crippen LogP contribution in [0.3, 0.4) is 0 Å². The van der Waals surface area contributed by atoms with Crippen LogP contribution >= 0.6 is 23.1 Å². The number of hydrogen-bond donors (Lipinski definition) is 1. The molecule has 2 rings (SSSR count). The van der Waals surface area contributed by atoms with Crippen LogP contribution in [0.25, 0.3) is 0 Å². The van der Waals surface area contributed by atoms with Gasteiger partial charge in [0, 0.05) is 12.4 Å². The van der Waals surface area contributed by atoms with Gasteiger partial charge >= 0.3 is 6.55 Å². The van der Waals surface area contributed by atoms with Gasteiger partial charge in [0.1, 0.15) is 5.82 Å². The second-order valence-corrected chi connectivity index (χ2v) is 5.52. The third-order valence-electron chi connectivity index (χ3n) is 2.06. The number of nitrogens with two attached hydrogens (primary N) is 1. The number of thiazole rings is 1. The van der Waals surface area contributed by atoms with Gasteiger partial charge in [0.05, 0.1) is 15.7 Å². The lowest BCUT2D eigenvalue weighted by atomic mass is 10.6.